The number of hydrogen-bond donors (Lipinski definition) is 1. The van der Waals surface area contributed by atoms with Crippen LogP contribution in [0.15, 0.2) is 53.6 Å². The Bertz CT molecular complexity index is 1030. The lowest BCUT2D eigenvalue weighted by Gasteiger charge is -2.15. The molecule has 0 fully saturated rings. The van der Waals surface area contributed by atoms with Crippen molar-refractivity contribution in [1.82, 2.24) is 24.9 Å². The normalized spacial score (nSPS) is 11.7. The Morgan fingerprint density at radius 1 is 1.17 bits per heavy atom. The molecule has 1 N–H and O–H groups in total. The summed E-state index contributed by atoms with van der Waals surface area (Å²) in [5.74, 6) is 1.45. The number of carbonyl (C=O) groups excluding carboxylic acids is 1. The fourth-order valence-electron chi connectivity index (χ4n) is 2.84. The number of methoxy groups -OCH3 is 2. The third-order valence-electron chi connectivity index (χ3n) is 4.46. The number of amides is 1. The van der Waals surface area contributed by atoms with Gasteiger partial charge < -0.3 is 14.8 Å². The third-order valence-corrected chi connectivity index (χ3v) is 4.46. The molecule has 9 heteroatoms. The van der Waals surface area contributed by atoms with E-state index in [0.29, 0.717) is 30.3 Å². The number of carbonyl (C=O) groups is 1. The monoisotopic (exact) mass is 397 g/mol. The van der Waals surface area contributed by atoms with Crippen molar-refractivity contribution in [3.05, 3.63) is 64.7 Å². The van der Waals surface area contributed by atoms with E-state index in [9.17, 15) is 9.59 Å². The second kappa shape index (κ2) is 9.05. The summed E-state index contributed by atoms with van der Waals surface area (Å²) in [6, 6.07) is 9.53. The van der Waals surface area contributed by atoms with E-state index in [1.54, 1.807) is 45.7 Å². The fraction of sp³-hybridized carbons (Fsp3) is 0.300. The summed E-state index contributed by atoms with van der Waals surface area (Å²) < 4.78 is 13.2. The van der Waals surface area contributed by atoms with Gasteiger partial charge in [0.1, 0.15) is 6.04 Å². The van der Waals surface area contributed by atoms with Crippen LogP contribution in [-0.4, -0.2) is 46.2 Å². The first-order chi connectivity index (χ1) is 14.0. The first-order valence-corrected chi connectivity index (χ1v) is 9.12. The molecule has 9 nitrogen and oxygen atoms in total. The number of benzene rings is 1. The number of nitrogens with one attached hydrogen (secondary N) is 1. The lowest BCUT2D eigenvalue weighted by molar-refractivity contribution is -0.124. The molecular weight excluding hydrogens is 374 g/mol. The van der Waals surface area contributed by atoms with Gasteiger partial charge in [-0.25, -0.2) is 9.36 Å². The van der Waals surface area contributed by atoms with Crippen LogP contribution >= 0.6 is 0 Å². The van der Waals surface area contributed by atoms with Crippen molar-refractivity contribution in [2.24, 2.45) is 0 Å². The standard InChI is InChI=1S/C20H23N5O4/c1-14(25-19(26)8-7-18(23-25)24-12-4-10-22-24)20(27)21-11-9-15-5-6-16(28-2)17(13-15)29-3/h4-8,10,12-14H,9,11H2,1-3H3,(H,21,27)/t14-/m0/s1. The van der Waals surface area contributed by atoms with Crippen LogP contribution in [0, 0.1) is 0 Å². The van der Waals surface area contributed by atoms with Crippen molar-refractivity contribution >= 4 is 5.91 Å². The molecule has 1 aromatic carbocycles. The van der Waals surface area contributed by atoms with E-state index in [2.05, 4.69) is 15.5 Å². The minimum Gasteiger partial charge on any atom is -0.493 e. The summed E-state index contributed by atoms with van der Waals surface area (Å²) in [6.45, 7) is 2.04. The van der Waals surface area contributed by atoms with Crippen LogP contribution in [0.4, 0.5) is 0 Å². The summed E-state index contributed by atoms with van der Waals surface area (Å²) in [6.07, 6.45) is 3.93. The Balaban J connectivity index is 1.64. The SMILES string of the molecule is COc1ccc(CCNC(=O)[C@H](C)n2nc(-n3cccn3)ccc2=O)cc1OC. The molecule has 152 valence electrons. The van der Waals surface area contributed by atoms with Gasteiger partial charge in [-0.05, 0) is 43.2 Å². The molecule has 0 bridgehead atoms. The van der Waals surface area contributed by atoms with Crippen LogP contribution in [-0.2, 0) is 11.2 Å². The molecule has 0 aliphatic rings. The van der Waals surface area contributed by atoms with Gasteiger partial charge in [0, 0.05) is 25.0 Å². The van der Waals surface area contributed by atoms with Crippen LogP contribution in [0.1, 0.15) is 18.5 Å². The van der Waals surface area contributed by atoms with Crippen molar-refractivity contribution in [2.75, 3.05) is 20.8 Å². The average Bonchev–Trinajstić information content (AvgIpc) is 3.28. The highest BCUT2D eigenvalue weighted by Gasteiger charge is 2.18. The Morgan fingerprint density at radius 3 is 2.66 bits per heavy atom. The van der Waals surface area contributed by atoms with Crippen LogP contribution in [0.2, 0.25) is 0 Å². The number of rotatable bonds is 8. The van der Waals surface area contributed by atoms with Crippen molar-refractivity contribution in [3.63, 3.8) is 0 Å². The molecule has 0 spiro atoms. The second-order valence-corrected chi connectivity index (χ2v) is 6.33. The Morgan fingerprint density at radius 2 is 1.97 bits per heavy atom. The van der Waals surface area contributed by atoms with Gasteiger partial charge in [0.2, 0.25) is 5.91 Å². The van der Waals surface area contributed by atoms with Gasteiger partial charge in [-0.1, -0.05) is 6.07 Å². The predicted molar refractivity (Wildman–Crippen MR) is 107 cm³/mol. The molecular formula is C20H23N5O4. The van der Waals surface area contributed by atoms with E-state index >= 15 is 0 Å². The smallest absolute Gasteiger partial charge is 0.267 e. The Labute approximate surface area is 167 Å². The maximum atomic E-state index is 12.5. The minimum absolute atomic E-state index is 0.294. The summed E-state index contributed by atoms with van der Waals surface area (Å²) in [7, 11) is 3.16. The predicted octanol–water partition coefficient (Wildman–Crippen LogP) is 1.37. The molecule has 0 aliphatic carbocycles. The molecule has 3 aromatic rings. The molecule has 2 heterocycles. The highest BCUT2D eigenvalue weighted by molar-refractivity contribution is 5.79. The van der Waals surface area contributed by atoms with E-state index in [4.69, 9.17) is 9.47 Å². The van der Waals surface area contributed by atoms with Gasteiger partial charge in [-0.3, -0.25) is 9.59 Å². The summed E-state index contributed by atoms with van der Waals surface area (Å²) in [4.78, 5) is 24.7. The molecule has 0 saturated carbocycles. The highest BCUT2D eigenvalue weighted by Crippen LogP contribution is 2.27. The van der Waals surface area contributed by atoms with E-state index in [1.807, 2.05) is 18.2 Å². The molecule has 0 radical (unpaired) electrons. The van der Waals surface area contributed by atoms with Gasteiger partial charge in [-0.15, -0.1) is 5.10 Å². The molecule has 3 rings (SSSR count). The Hall–Kier alpha value is -3.62. The topological polar surface area (TPSA) is 100 Å². The zero-order valence-corrected chi connectivity index (χ0v) is 16.5. The third kappa shape index (κ3) is 4.63. The number of nitrogens with zero attached hydrogens (tertiary/aromatic N) is 4. The van der Waals surface area contributed by atoms with Crippen molar-refractivity contribution in [1.29, 1.82) is 0 Å². The molecule has 0 aliphatic heterocycles. The zero-order valence-electron chi connectivity index (χ0n) is 16.5. The fourth-order valence-corrected chi connectivity index (χ4v) is 2.84. The van der Waals surface area contributed by atoms with Gasteiger partial charge in [0.15, 0.2) is 17.3 Å². The molecule has 29 heavy (non-hydrogen) atoms. The van der Waals surface area contributed by atoms with Crippen LogP contribution in [0.3, 0.4) is 0 Å². The average molecular weight is 397 g/mol. The minimum atomic E-state index is -0.761. The lowest BCUT2D eigenvalue weighted by atomic mass is 10.1. The van der Waals surface area contributed by atoms with E-state index in [0.717, 1.165) is 10.2 Å². The number of ether oxygens (including phenoxy) is 2. The number of hydrogen-bond acceptors (Lipinski definition) is 6. The quantitative estimate of drug-likeness (QED) is 0.616. The van der Waals surface area contributed by atoms with E-state index in [-0.39, 0.29) is 11.5 Å². The van der Waals surface area contributed by atoms with Gasteiger partial charge in [0.25, 0.3) is 5.56 Å². The van der Waals surface area contributed by atoms with Gasteiger partial charge in [-0.2, -0.15) is 5.10 Å². The van der Waals surface area contributed by atoms with E-state index < -0.39 is 6.04 Å². The first-order valence-electron chi connectivity index (χ1n) is 9.12. The van der Waals surface area contributed by atoms with Gasteiger partial charge in [0.05, 0.1) is 14.2 Å². The second-order valence-electron chi connectivity index (χ2n) is 6.33. The van der Waals surface area contributed by atoms with Crippen molar-refractivity contribution in [2.45, 2.75) is 19.4 Å². The first kappa shape index (κ1) is 20.1. The summed E-state index contributed by atoms with van der Waals surface area (Å²) in [5.41, 5.74) is 0.634. The molecule has 1 amide bonds. The molecule has 2 aromatic heterocycles. The number of aromatic nitrogens is 4. The molecule has 1 atom stereocenters. The summed E-state index contributed by atoms with van der Waals surface area (Å²) >= 11 is 0. The van der Waals surface area contributed by atoms with Crippen LogP contribution in [0.25, 0.3) is 5.82 Å². The maximum Gasteiger partial charge on any atom is 0.267 e. The largest absolute Gasteiger partial charge is 0.493 e. The lowest BCUT2D eigenvalue weighted by Crippen LogP contribution is -2.38. The van der Waals surface area contributed by atoms with Crippen LogP contribution < -0.4 is 20.3 Å². The maximum absolute atomic E-state index is 12.5. The molecule has 0 unspecified atom stereocenters. The van der Waals surface area contributed by atoms with Crippen molar-refractivity contribution < 1.29 is 14.3 Å². The van der Waals surface area contributed by atoms with Crippen molar-refractivity contribution in [3.8, 4) is 17.3 Å². The Kier molecular flexibility index (Phi) is 6.28. The summed E-state index contributed by atoms with van der Waals surface area (Å²) in [5, 5.41) is 11.2. The molecule has 0 saturated heterocycles. The van der Waals surface area contributed by atoms with Gasteiger partial charge >= 0.3 is 0 Å². The van der Waals surface area contributed by atoms with Crippen LogP contribution in [0.5, 0.6) is 11.5 Å². The van der Waals surface area contributed by atoms with E-state index in [1.165, 1.54) is 10.7 Å². The highest BCUT2D eigenvalue weighted by atomic mass is 16.5. The zero-order chi connectivity index (χ0) is 20.8.